The first kappa shape index (κ1) is 22.4. The van der Waals surface area contributed by atoms with E-state index in [1.807, 2.05) is 47.8 Å². The number of amides is 1. The van der Waals surface area contributed by atoms with E-state index in [0.717, 1.165) is 34.1 Å². The molecule has 8 heteroatoms. The van der Waals surface area contributed by atoms with Gasteiger partial charge in [0.2, 0.25) is 0 Å². The number of nitrogens with one attached hydrogen (secondary N) is 1. The molecule has 7 nitrogen and oxygen atoms in total. The first-order chi connectivity index (χ1) is 17.0. The largest absolute Gasteiger partial charge is 0.298 e. The van der Waals surface area contributed by atoms with Gasteiger partial charge in [0.1, 0.15) is 0 Å². The average molecular weight is 481 g/mol. The summed E-state index contributed by atoms with van der Waals surface area (Å²) in [5.74, 6) is -0.278. The van der Waals surface area contributed by atoms with Gasteiger partial charge in [-0.2, -0.15) is 0 Å². The number of nitro groups is 1. The molecule has 2 aromatic heterocycles. The van der Waals surface area contributed by atoms with Gasteiger partial charge in [0.15, 0.2) is 5.13 Å². The molecule has 0 aliphatic heterocycles. The van der Waals surface area contributed by atoms with E-state index in [4.69, 9.17) is 4.98 Å². The predicted octanol–water partition coefficient (Wildman–Crippen LogP) is 6.75. The van der Waals surface area contributed by atoms with Crippen molar-refractivity contribution in [3.63, 3.8) is 0 Å². The number of non-ortho nitro benzene ring substituents is 1. The highest BCUT2D eigenvalue weighted by atomic mass is 32.1. The van der Waals surface area contributed by atoms with Crippen molar-refractivity contribution in [3.8, 4) is 22.5 Å². The molecule has 5 aromatic rings. The Morgan fingerprint density at radius 1 is 0.943 bits per heavy atom. The second-order valence-electron chi connectivity index (χ2n) is 7.92. The Bertz CT molecular complexity index is 1540. The number of aromatic nitrogens is 2. The highest BCUT2D eigenvalue weighted by Gasteiger charge is 2.16. The smallest absolute Gasteiger partial charge is 0.269 e. The summed E-state index contributed by atoms with van der Waals surface area (Å²) < 4.78 is 0. The summed E-state index contributed by atoms with van der Waals surface area (Å²) in [5.41, 5.74) is 5.54. The SMILES string of the molecule is CCc1ccc(-c2cc(C(=O)Nc3nc(-c4ccc([N+](=O)[O-])cc4)cs3)c3ccccc3n2)cc1. The minimum Gasteiger partial charge on any atom is -0.298 e. The van der Waals surface area contributed by atoms with Gasteiger partial charge in [-0.1, -0.05) is 49.4 Å². The fourth-order valence-corrected chi connectivity index (χ4v) is 4.52. The third-order valence-electron chi connectivity index (χ3n) is 5.72. The molecule has 0 radical (unpaired) electrons. The molecule has 172 valence electrons. The summed E-state index contributed by atoms with van der Waals surface area (Å²) in [6.45, 7) is 2.11. The van der Waals surface area contributed by atoms with Crippen molar-refractivity contribution in [2.75, 3.05) is 5.32 Å². The Morgan fingerprint density at radius 3 is 2.34 bits per heavy atom. The molecular weight excluding hydrogens is 460 g/mol. The van der Waals surface area contributed by atoms with Crippen LogP contribution in [-0.4, -0.2) is 20.8 Å². The summed E-state index contributed by atoms with van der Waals surface area (Å²) in [5, 5.41) is 16.8. The van der Waals surface area contributed by atoms with Gasteiger partial charge in [-0.15, -0.1) is 11.3 Å². The van der Waals surface area contributed by atoms with Gasteiger partial charge in [0.25, 0.3) is 11.6 Å². The Balaban J connectivity index is 1.45. The van der Waals surface area contributed by atoms with E-state index in [2.05, 4.69) is 29.4 Å². The van der Waals surface area contributed by atoms with Crippen LogP contribution in [0.15, 0.2) is 84.2 Å². The van der Waals surface area contributed by atoms with Crippen molar-refractivity contribution < 1.29 is 9.72 Å². The van der Waals surface area contributed by atoms with Crippen LogP contribution in [0.1, 0.15) is 22.8 Å². The maximum Gasteiger partial charge on any atom is 0.269 e. The number of rotatable bonds is 6. The molecule has 5 rings (SSSR count). The van der Waals surface area contributed by atoms with Crippen molar-refractivity contribution in [3.05, 3.63) is 105 Å². The molecule has 0 unspecified atom stereocenters. The number of hydrogen-bond donors (Lipinski definition) is 1. The lowest BCUT2D eigenvalue weighted by atomic mass is 10.0. The lowest BCUT2D eigenvalue weighted by Crippen LogP contribution is -2.13. The standard InChI is InChI=1S/C27H20N4O3S/c1-2-17-7-9-18(10-8-17)24-15-22(21-5-3-4-6-23(21)28-24)26(32)30-27-29-25(16-35-27)19-11-13-20(14-12-19)31(33)34/h3-16H,2H2,1H3,(H,29,30,32). The molecule has 0 aliphatic carbocycles. The molecule has 0 spiro atoms. The quantitative estimate of drug-likeness (QED) is 0.214. The molecule has 35 heavy (non-hydrogen) atoms. The van der Waals surface area contributed by atoms with Gasteiger partial charge in [-0.25, -0.2) is 9.97 Å². The second kappa shape index (κ2) is 9.44. The van der Waals surface area contributed by atoms with Gasteiger partial charge < -0.3 is 0 Å². The minimum atomic E-state index is -0.443. The highest BCUT2D eigenvalue weighted by molar-refractivity contribution is 7.14. The normalized spacial score (nSPS) is 10.9. The van der Waals surface area contributed by atoms with Gasteiger partial charge in [0, 0.05) is 34.0 Å². The Kier molecular flexibility index (Phi) is 6.03. The number of fused-ring (bicyclic) bond motifs is 1. The molecule has 2 heterocycles. The number of aryl methyl sites for hydroxylation is 1. The number of anilines is 1. The number of carbonyl (C=O) groups is 1. The Hall–Kier alpha value is -4.43. The average Bonchev–Trinajstić information content (AvgIpc) is 3.36. The minimum absolute atomic E-state index is 0.0159. The molecule has 1 amide bonds. The van der Waals surface area contributed by atoms with E-state index in [1.54, 1.807) is 12.1 Å². The lowest BCUT2D eigenvalue weighted by Gasteiger charge is -2.10. The molecule has 0 atom stereocenters. The van der Waals surface area contributed by atoms with Crippen molar-refractivity contribution >= 4 is 39.0 Å². The van der Waals surface area contributed by atoms with E-state index >= 15 is 0 Å². The van der Waals surface area contributed by atoms with Crippen molar-refractivity contribution in [1.82, 2.24) is 9.97 Å². The first-order valence-electron chi connectivity index (χ1n) is 11.0. The number of thiazole rings is 1. The summed E-state index contributed by atoms with van der Waals surface area (Å²) in [6.07, 6.45) is 0.953. The van der Waals surface area contributed by atoms with Crippen LogP contribution in [0, 0.1) is 10.1 Å². The Morgan fingerprint density at radius 2 is 1.63 bits per heavy atom. The summed E-state index contributed by atoms with van der Waals surface area (Å²) in [7, 11) is 0. The lowest BCUT2D eigenvalue weighted by molar-refractivity contribution is -0.384. The third-order valence-corrected chi connectivity index (χ3v) is 6.48. The van der Waals surface area contributed by atoms with Gasteiger partial charge in [-0.05, 0) is 36.2 Å². The van der Waals surface area contributed by atoms with Crippen LogP contribution >= 0.6 is 11.3 Å². The number of hydrogen-bond acceptors (Lipinski definition) is 6. The fraction of sp³-hybridized carbons (Fsp3) is 0.0741. The van der Waals surface area contributed by atoms with Crippen molar-refractivity contribution in [1.29, 1.82) is 0 Å². The van der Waals surface area contributed by atoms with Gasteiger partial charge in [-0.3, -0.25) is 20.2 Å². The number of nitrogens with zero attached hydrogens (tertiary/aromatic N) is 3. The van der Waals surface area contributed by atoms with E-state index in [0.29, 0.717) is 16.4 Å². The molecule has 3 aromatic carbocycles. The number of carbonyl (C=O) groups excluding carboxylic acids is 1. The van der Waals surface area contributed by atoms with E-state index in [-0.39, 0.29) is 11.6 Å². The van der Waals surface area contributed by atoms with Crippen LogP contribution in [0.4, 0.5) is 10.8 Å². The van der Waals surface area contributed by atoms with Crippen LogP contribution in [-0.2, 0) is 6.42 Å². The van der Waals surface area contributed by atoms with Crippen molar-refractivity contribution in [2.24, 2.45) is 0 Å². The maximum atomic E-state index is 13.3. The van der Waals surface area contributed by atoms with Gasteiger partial charge in [0.05, 0.1) is 27.4 Å². The fourth-order valence-electron chi connectivity index (χ4n) is 3.80. The van der Waals surface area contributed by atoms with Crippen LogP contribution in [0.3, 0.4) is 0 Å². The molecule has 0 saturated carbocycles. The molecule has 0 bridgehead atoms. The first-order valence-corrected chi connectivity index (χ1v) is 11.9. The predicted molar refractivity (Wildman–Crippen MR) is 139 cm³/mol. The maximum absolute atomic E-state index is 13.3. The number of benzene rings is 3. The summed E-state index contributed by atoms with van der Waals surface area (Å²) in [6, 6.07) is 23.7. The third kappa shape index (κ3) is 4.64. The number of para-hydroxylation sites is 1. The summed E-state index contributed by atoms with van der Waals surface area (Å²) >= 11 is 1.30. The van der Waals surface area contributed by atoms with E-state index < -0.39 is 4.92 Å². The van der Waals surface area contributed by atoms with Crippen LogP contribution < -0.4 is 5.32 Å². The highest BCUT2D eigenvalue weighted by Crippen LogP contribution is 2.29. The number of pyridine rings is 1. The van der Waals surface area contributed by atoms with Crippen LogP contribution in [0.25, 0.3) is 33.4 Å². The number of nitro benzene ring substituents is 1. The molecule has 0 saturated heterocycles. The second-order valence-corrected chi connectivity index (χ2v) is 8.78. The monoisotopic (exact) mass is 480 g/mol. The molecule has 0 fully saturated rings. The van der Waals surface area contributed by atoms with Crippen molar-refractivity contribution in [2.45, 2.75) is 13.3 Å². The van der Waals surface area contributed by atoms with Crippen LogP contribution in [0.2, 0.25) is 0 Å². The molecule has 0 aliphatic rings. The zero-order chi connectivity index (χ0) is 24.4. The van der Waals surface area contributed by atoms with Crippen LogP contribution in [0.5, 0.6) is 0 Å². The zero-order valence-corrected chi connectivity index (χ0v) is 19.6. The molecule has 1 N–H and O–H groups in total. The van der Waals surface area contributed by atoms with E-state index in [9.17, 15) is 14.9 Å². The van der Waals surface area contributed by atoms with E-state index in [1.165, 1.54) is 29.0 Å². The summed E-state index contributed by atoms with van der Waals surface area (Å²) in [4.78, 5) is 33.0. The van der Waals surface area contributed by atoms with Gasteiger partial charge >= 0.3 is 0 Å². The topological polar surface area (TPSA) is 98.0 Å². The molecular formula is C27H20N4O3S. The zero-order valence-electron chi connectivity index (χ0n) is 18.8. The Labute approximate surface area is 205 Å².